The van der Waals surface area contributed by atoms with Crippen molar-refractivity contribution >= 4 is 17.1 Å². The Morgan fingerprint density at radius 1 is 0.271 bits per heavy atom. The molecule has 70 heavy (non-hydrogen) atoms. The molecule has 0 unspecified atom stereocenters. The zero-order valence-corrected chi connectivity index (χ0v) is 39.6. The van der Waals surface area contributed by atoms with Crippen LogP contribution in [0.4, 0.5) is 17.1 Å². The van der Waals surface area contributed by atoms with E-state index < -0.39 is 5.41 Å². The van der Waals surface area contributed by atoms with Crippen LogP contribution in [0, 0.1) is 0 Å². The van der Waals surface area contributed by atoms with Crippen molar-refractivity contribution in [2.75, 3.05) is 4.90 Å². The van der Waals surface area contributed by atoms with Gasteiger partial charge in [0.15, 0.2) is 0 Å². The van der Waals surface area contributed by atoms with Crippen molar-refractivity contribution in [2.24, 2.45) is 0 Å². The molecule has 10 aromatic rings. The number of rotatable bonds is 9. The van der Waals surface area contributed by atoms with Crippen molar-refractivity contribution in [3.8, 4) is 55.6 Å². The highest BCUT2D eigenvalue weighted by molar-refractivity contribution is 5.90. The Kier molecular flexibility index (Phi) is 10.7. The summed E-state index contributed by atoms with van der Waals surface area (Å²) in [5.74, 6) is 0. The van der Waals surface area contributed by atoms with Gasteiger partial charge < -0.3 is 4.90 Å². The molecule has 3 aliphatic rings. The van der Waals surface area contributed by atoms with E-state index in [-0.39, 0.29) is 0 Å². The molecule has 13 rings (SSSR count). The molecule has 1 nitrogen and oxygen atoms in total. The highest BCUT2D eigenvalue weighted by Crippen LogP contribution is 2.57. The summed E-state index contributed by atoms with van der Waals surface area (Å²) in [6, 6.07) is 88.2. The van der Waals surface area contributed by atoms with Crippen LogP contribution < -0.4 is 4.90 Å². The first-order valence-electron chi connectivity index (χ1n) is 25.5. The smallest absolute Gasteiger partial charge is 0.0713 e. The largest absolute Gasteiger partial charge is 0.311 e. The van der Waals surface area contributed by atoms with Crippen molar-refractivity contribution in [3.63, 3.8) is 0 Å². The molecule has 0 atom stereocenters. The van der Waals surface area contributed by atoms with Gasteiger partial charge in [-0.15, -0.1) is 0 Å². The van der Waals surface area contributed by atoms with Crippen molar-refractivity contribution < 1.29 is 0 Å². The van der Waals surface area contributed by atoms with Crippen molar-refractivity contribution in [2.45, 2.75) is 56.8 Å². The van der Waals surface area contributed by atoms with E-state index >= 15 is 0 Å². The number of anilines is 3. The second-order valence-electron chi connectivity index (χ2n) is 19.6. The molecule has 0 saturated carbocycles. The van der Waals surface area contributed by atoms with Gasteiger partial charge in [-0.25, -0.2) is 0 Å². The van der Waals surface area contributed by atoms with Gasteiger partial charge in [0.1, 0.15) is 0 Å². The van der Waals surface area contributed by atoms with E-state index in [0.717, 1.165) is 29.9 Å². The van der Waals surface area contributed by atoms with Crippen LogP contribution in [0.15, 0.2) is 237 Å². The fourth-order valence-corrected chi connectivity index (χ4v) is 12.7. The highest BCUT2D eigenvalue weighted by Gasteiger charge is 2.46. The van der Waals surface area contributed by atoms with Gasteiger partial charge in [-0.3, -0.25) is 0 Å². The lowest BCUT2D eigenvalue weighted by molar-refractivity contribution is 0.662. The summed E-state index contributed by atoms with van der Waals surface area (Å²) in [7, 11) is 0. The standard InChI is InChI=1S/C69H55N/c1-5-19-48(20-6-1)49-33-40-56(41-34-49)70(58-44-37-52(38-45-58)68-63-30-15-13-28-61(63)67(51-21-7-2-8-22-51)62-29-14-16-31-64(62)68)57-42-35-50(36-43-57)53-39-46-60-59-27-17-18-32-65(59)69(66(60)47-53,54-23-9-3-10-24-54)55-25-11-4-12-26-55/h1-12,17-27,32-47H,13-16,28-31H2. The van der Waals surface area contributed by atoms with Crippen LogP contribution in [-0.4, -0.2) is 0 Å². The van der Waals surface area contributed by atoms with Crippen molar-refractivity contribution in [1.82, 2.24) is 0 Å². The Bertz CT molecular complexity index is 3410. The molecule has 0 spiro atoms. The molecule has 0 N–H and O–H groups in total. The normalized spacial score (nSPS) is 14.2. The van der Waals surface area contributed by atoms with E-state index in [0.29, 0.717) is 0 Å². The maximum Gasteiger partial charge on any atom is 0.0713 e. The number of hydrogen-bond acceptors (Lipinski definition) is 1. The number of fused-ring (bicyclic) bond motifs is 5. The quantitative estimate of drug-likeness (QED) is 0.140. The Labute approximate surface area is 413 Å². The van der Waals surface area contributed by atoms with Crippen LogP contribution in [0.2, 0.25) is 0 Å². The lowest BCUT2D eigenvalue weighted by atomic mass is 9.67. The predicted octanol–water partition coefficient (Wildman–Crippen LogP) is 17.9. The SMILES string of the molecule is c1ccc(-c2ccc(N(c3ccc(-c4ccc5c(c4)C(c4ccccc4)(c4ccccc4)c4ccccc4-5)cc3)c3ccc(-c4c5c(c(-c6ccccc6)c6c4CCCC6)CCCC5)cc3)cc2)cc1. The molecule has 0 saturated heterocycles. The summed E-state index contributed by atoms with van der Waals surface area (Å²) < 4.78 is 0. The van der Waals surface area contributed by atoms with E-state index in [4.69, 9.17) is 0 Å². The molecule has 336 valence electrons. The maximum absolute atomic E-state index is 2.47. The Morgan fingerprint density at radius 2 is 0.614 bits per heavy atom. The van der Waals surface area contributed by atoms with Gasteiger partial charge in [-0.1, -0.05) is 194 Å². The van der Waals surface area contributed by atoms with Crippen LogP contribution in [0.5, 0.6) is 0 Å². The van der Waals surface area contributed by atoms with Gasteiger partial charge >= 0.3 is 0 Å². The van der Waals surface area contributed by atoms with Crippen LogP contribution in [0.3, 0.4) is 0 Å². The molecular formula is C69H55N. The van der Waals surface area contributed by atoms with Gasteiger partial charge in [0.05, 0.1) is 5.41 Å². The zero-order chi connectivity index (χ0) is 46.4. The van der Waals surface area contributed by atoms with E-state index in [1.54, 1.807) is 27.8 Å². The minimum absolute atomic E-state index is 0.443. The average Bonchev–Trinajstić information content (AvgIpc) is 3.74. The van der Waals surface area contributed by atoms with Crippen LogP contribution in [0.25, 0.3) is 55.6 Å². The second-order valence-corrected chi connectivity index (χ2v) is 19.6. The highest BCUT2D eigenvalue weighted by atomic mass is 15.1. The van der Waals surface area contributed by atoms with E-state index in [9.17, 15) is 0 Å². The second kappa shape index (κ2) is 17.8. The van der Waals surface area contributed by atoms with Gasteiger partial charge in [0, 0.05) is 17.1 Å². The Balaban J connectivity index is 0.912. The summed E-state index contributed by atoms with van der Waals surface area (Å²) in [4.78, 5) is 2.43. The average molecular weight is 898 g/mol. The number of nitrogens with zero attached hydrogens (tertiary/aromatic N) is 1. The Hall–Kier alpha value is -8.00. The maximum atomic E-state index is 2.47. The first-order valence-corrected chi connectivity index (χ1v) is 25.5. The lowest BCUT2D eigenvalue weighted by Crippen LogP contribution is -2.28. The number of hydrogen-bond donors (Lipinski definition) is 0. The molecule has 0 fully saturated rings. The van der Waals surface area contributed by atoms with Crippen molar-refractivity contribution in [1.29, 1.82) is 0 Å². The predicted molar refractivity (Wildman–Crippen MR) is 293 cm³/mol. The zero-order valence-electron chi connectivity index (χ0n) is 39.6. The lowest BCUT2D eigenvalue weighted by Gasteiger charge is -2.34. The summed E-state index contributed by atoms with van der Waals surface area (Å²) in [5, 5.41) is 0. The molecule has 0 heterocycles. The van der Waals surface area contributed by atoms with Crippen LogP contribution in [-0.2, 0) is 31.1 Å². The van der Waals surface area contributed by atoms with E-state index in [1.165, 1.54) is 111 Å². The Morgan fingerprint density at radius 3 is 1.10 bits per heavy atom. The summed E-state index contributed by atoms with van der Waals surface area (Å²) in [6.45, 7) is 0. The summed E-state index contributed by atoms with van der Waals surface area (Å²) in [6.07, 6.45) is 9.70. The molecule has 0 radical (unpaired) electrons. The van der Waals surface area contributed by atoms with E-state index in [2.05, 4.69) is 241 Å². The monoisotopic (exact) mass is 897 g/mol. The minimum atomic E-state index is -0.443. The molecule has 1 heteroatoms. The summed E-state index contributed by atoms with van der Waals surface area (Å²) in [5.41, 5.74) is 27.9. The molecule has 0 bridgehead atoms. The summed E-state index contributed by atoms with van der Waals surface area (Å²) >= 11 is 0. The molecule has 3 aliphatic carbocycles. The third-order valence-corrected chi connectivity index (χ3v) is 15.8. The van der Waals surface area contributed by atoms with Gasteiger partial charge in [0.2, 0.25) is 0 Å². The molecule has 0 amide bonds. The van der Waals surface area contributed by atoms with Gasteiger partial charge in [0.25, 0.3) is 0 Å². The van der Waals surface area contributed by atoms with Gasteiger partial charge in [-0.05, 0) is 194 Å². The minimum Gasteiger partial charge on any atom is -0.311 e. The fraction of sp³-hybridized carbons (Fsp3) is 0.130. The molecule has 10 aromatic carbocycles. The van der Waals surface area contributed by atoms with Gasteiger partial charge in [-0.2, -0.15) is 0 Å². The first kappa shape index (κ1) is 42.1. The first-order chi connectivity index (χ1) is 34.7. The van der Waals surface area contributed by atoms with E-state index in [1.807, 2.05) is 0 Å². The molecule has 0 aliphatic heterocycles. The molecule has 0 aromatic heterocycles. The topological polar surface area (TPSA) is 3.24 Å². The third-order valence-electron chi connectivity index (χ3n) is 15.8. The fourth-order valence-electron chi connectivity index (χ4n) is 12.7. The third kappa shape index (κ3) is 7.06. The number of benzene rings is 10. The van der Waals surface area contributed by atoms with Crippen molar-refractivity contribution in [3.05, 3.63) is 281 Å². The molecular weight excluding hydrogens is 843 g/mol. The van der Waals surface area contributed by atoms with Crippen LogP contribution in [0.1, 0.15) is 70.2 Å². The van der Waals surface area contributed by atoms with Crippen LogP contribution >= 0.6 is 0 Å².